The summed E-state index contributed by atoms with van der Waals surface area (Å²) in [6.07, 6.45) is 0.590. The molecule has 0 unspecified atom stereocenters. The summed E-state index contributed by atoms with van der Waals surface area (Å²) in [6, 6.07) is 7.68. The lowest BCUT2D eigenvalue weighted by Crippen LogP contribution is -2.43. The molecule has 10 nitrogen and oxygen atoms in total. The van der Waals surface area contributed by atoms with Crippen LogP contribution < -0.4 is 10.2 Å². The topological polar surface area (TPSA) is 131 Å². The molecule has 2 aromatic rings. The van der Waals surface area contributed by atoms with E-state index in [9.17, 15) is 32.7 Å². The second-order valence-electron chi connectivity index (χ2n) is 11.5. The Labute approximate surface area is 254 Å². The number of aromatic nitrogens is 2. The van der Waals surface area contributed by atoms with Crippen LogP contribution in [-0.4, -0.2) is 70.9 Å². The SMILES string of the molecule is CCOC(=O)CNC(=O)c1nc(CC2CCN(c3ccc(CC4(OC(=O)C(F)(F)F)CCCCC4)cc3)CC2)nc(C)c1O. The molecule has 4 rings (SSSR count). The summed E-state index contributed by atoms with van der Waals surface area (Å²) in [7, 11) is 0. The first-order valence-electron chi connectivity index (χ1n) is 15.0. The average molecular weight is 621 g/mol. The molecule has 0 bridgehead atoms. The number of ether oxygens (including phenoxy) is 2. The molecule has 2 N–H and O–H groups in total. The van der Waals surface area contributed by atoms with Crippen molar-refractivity contribution in [3.8, 4) is 5.75 Å². The number of nitrogens with one attached hydrogen (secondary N) is 1. The summed E-state index contributed by atoms with van der Waals surface area (Å²) in [5.74, 6) is -3.05. The Balaban J connectivity index is 1.33. The number of esters is 2. The van der Waals surface area contributed by atoms with Gasteiger partial charge in [0, 0.05) is 31.6 Å². The van der Waals surface area contributed by atoms with Crippen LogP contribution in [0.15, 0.2) is 24.3 Å². The Kier molecular flexibility index (Phi) is 10.7. The molecule has 2 aliphatic rings. The van der Waals surface area contributed by atoms with Crippen molar-refractivity contribution in [3.05, 3.63) is 47.0 Å². The molecule has 1 aliphatic heterocycles. The van der Waals surface area contributed by atoms with Crippen molar-refractivity contribution in [1.29, 1.82) is 0 Å². The van der Waals surface area contributed by atoms with E-state index in [1.165, 1.54) is 0 Å². The summed E-state index contributed by atoms with van der Waals surface area (Å²) in [5, 5.41) is 12.8. The van der Waals surface area contributed by atoms with E-state index in [-0.39, 0.29) is 42.6 Å². The van der Waals surface area contributed by atoms with Gasteiger partial charge in [0.15, 0.2) is 11.4 Å². The van der Waals surface area contributed by atoms with Gasteiger partial charge >= 0.3 is 18.1 Å². The molecule has 2 fully saturated rings. The Hall–Kier alpha value is -3.90. The van der Waals surface area contributed by atoms with Crippen molar-refractivity contribution in [2.75, 3.05) is 31.1 Å². The third kappa shape index (κ3) is 8.60. The number of alkyl halides is 3. The lowest BCUT2D eigenvalue weighted by atomic mass is 9.80. The largest absolute Gasteiger partial charge is 0.504 e. The van der Waals surface area contributed by atoms with Crippen LogP contribution >= 0.6 is 0 Å². The third-order valence-corrected chi connectivity index (χ3v) is 8.24. The van der Waals surface area contributed by atoms with Crippen molar-refractivity contribution in [1.82, 2.24) is 15.3 Å². The maximum atomic E-state index is 13.0. The van der Waals surface area contributed by atoms with E-state index in [1.54, 1.807) is 13.8 Å². The molecule has 1 aromatic heterocycles. The normalized spacial score (nSPS) is 17.2. The van der Waals surface area contributed by atoms with Gasteiger partial charge in [0.25, 0.3) is 5.91 Å². The van der Waals surface area contributed by atoms with Crippen LogP contribution in [0, 0.1) is 12.8 Å². The Morgan fingerprint density at radius 1 is 1.07 bits per heavy atom. The molecule has 2 heterocycles. The van der Waals surface area contributed by atoms with Crippen LogP contribution in [-0.2, 0) is 31.9 Å². The number of aryl methyl sites for hydroxylation is 1. The maximum absolute atomic E-state index is 13.0. The van der Waals surface area contributed by atoms with Gasteiger partial charge in [-0.3, -0.25) is 9.59 Å². The van der Waals surface area contributed by atoms with Gasteiger partial charge in [-0.25, -0.2) is 14.8 Å². The number of halogens is 3. The van der Waals surface area contributed by atoms with Gasteiger partial charge in [-0.05, 0) is 76.0 Å². The van der Waals surface area contributed by atoms with E-state index < -0.39 is 29.6 Å². The molecule has 1 aromatic carbocycles. The smallest absolute Gasteiger partial charge is 0.490 e. The summed E-state index contributed by atoms with van der Waals surface area (Å²) in [4.78, 5) is 46.7. The number of carbonyl (C=O) groups excluding carboxylic acids is 3. The average Bonchev–Trinajstić information content (AvgIpc) is 2.98. The van der Waals surface area contributed by atoms with Crippen LogP contribution in [0.4, 0.5) is 18.9 Å². The first kappa shape index (κ1) is 33.0. The van der Waals surface area contributed by atoms with Gasteiger partial charge in [0.2, 0.25) is 0 Å². The van der Waals surface area contributed by atoms with Crippen molar-refractivity contribution < 1.29 is 42.1 Å². The highest BCUT2D eigenvalue weighted by Crippen LogP contribution is 2.37. The van der Waals surface area contributed by atoms with Crippen LogP contribution in [0.1, 0.15) is 79.4 Å². The standard InChI is InChI=1S/C31H39F3N4O6/c1-3-43-25(39)19-35-28(41)26-27(40)20(2)36-24(37-26)17-21-11-15-38(16-12-21)23-9-7-22(8-10-23)18-30(13-5-4-6-14-30)44-29(42)31(32,33)34/h7-10,21,40H,3-6,11-19H2,1-2H3,(H,35,41). The predicted molar refractivity (Wildman–Crippen MR) is 154 cm³/mol. The molecule has 1 amide bonds. The van der Waals surface area contributed by atoms with Gasteiger partial charge < -0.3 is 24.8 Å². The fourth-order valence-electron chi connectivity index (χ4n) is 5.94. The van der Waals surface area contributed by atoms with Gasteiger partial charge in [-0.15, -0.1) is 0 Å². The Morgan fingerprint density at radius 2 is 1.73 bits per heavy atom. The second kappa shape index (κ2) is 14.3. The van der Waals surface area contributed by atoms with Crippen molar-refractivity contribution in [3.63, 3.8) is 0 Å². The van der Waals surface area contributed by atoms with E-state index >= 15 is 0 Å². The molecule has 0 spiro atoms. The number of piperidine rings is 1. The van der Waals surface area contributed by atoms with Gasteiger partial charge in [0.05, 0.1) is 12.3 Å². The summed E-state index contributed by atoms with van der Waals surface area (Å²) < 4.78 is 48.7. The zero-order chi connectivity index (χ0) is 31.9. The molecule has 1 saturated heterocycles. The van der Waals surface area contributed by atoms with E-state index in [2.05, 4.69) is 20.2 Å². The molecule has 1 aliphatic carbocycles. The zero-order valence-electron chi connectivity index (χ0n) is 25.0. The van der Waals surface area contributed by atoms with Crippen LogP contribution in [0.5, 0.6) is 5.75 Å². The van der Waals surface area contributed by atoms with E-state index in [1.807, 2.05) is 24.3 Å². The minimum atomic E-state index is -5.02. The molecule has 0 radical (unpaired) electrons. The van der Waals surface area contributed by atoms with Crippen molar-refractivity contribution >= 4 is 23.5 Å². The Morgan fingerprint density at radius 3 is 2.34 bits per heavy atom. The molecule has 13 heteroatoms. The van der Waals surface area contributed by atoms with Gasteiger partial charge in [-0.2, -0.15) is 13.2 Å². The maximum Gasteiger partial charge on any atom is 0.490 e. The number of carbonyl (C=O) groups is 3. The highest BCUT2D eigenvalue weighted by Gasteiger charge is 2.47. The lowest BCUT2D eigenvalue weighted by Gasteiger charge is -2.37. The number of anilines is 1. The van der Waals surface area contributed by atoms with Crippen LogP contribution in [0.3, 0.4) is 0 Å². The zero-order valence-corrected chi connectivity index (χ0v) is 25.0. The quantitative estimate of drug-likeness (QED) is 0.366. The summed E-state index contributed by atoms with van der Waals surface area (Å²) in [6.45, 7) is 4.63. The van der Waals surface area contributed by atoms with Crippen molar-refractivity contribution in [2.45, 2.75) is 83.4 Å². The fourth-order valence-corrected chi connectivity index (χ4v) is 5.94. The summed E-state index contributed by atoms with van der Waals surface area (Å²) in [5.41, 5.74) is 0.771. The van der Waals surface area contributed by atoms with Gasteiger partial charge in [-0.1, -0.05) is 18.6 Å². The highest BCUT2D eigenvalue weighted by atomic mass is 19.4. The first-order chi connectivity index (χ1) is 20.9. The van der Waals surface area contributed by atoms with Crippen LogP contribution in [0.25, 0.3) is 0 Å². The minimum Gasteiger partial charge on any atom is -0.504 e. The molecular weight excluding hydrogens is 581 g/mol. The number of rotatable bonds is 10. The van der Waals surface area contributed by atoms with Crippen molar-refractivity contribution in [2.24, 2.45) is 5.92 Å². The molecule has 240 valence electrons. The van der Waals surface area contributed by atoms with E-state index in [0.29, 0.717) is 25.1 Å². The number of benzene rings is 1. The fraction of sp³-hybridized carbons (Fsp3) is 0.581. The third-order valence-electron chi connectivity index (χ3n) is 8.24. The predicted octanol–water partition coefficient (Wildman–Crippen LogP) is 4.59. The molecular formula is C31H39F3N4O6. The summed E-state index contributed by atoms with van der Waals surface area (Å²) >= 11 is 0. The first-order valence-corrected chi connectivity index (χ1v) is 15.0. The Bertz CT molecular complexity index is 1320. The number of amides is 1. The van der Waals surface area contributed by atoms with E-state index in [0.717, 1.165) is 56.4 Å². The number of nitrogens with zero attached hydrogens (tertiary/aromatic N) is 3. The number of hydrogen-bond donors (Lipinski definition) is 2. The monoisotopic (exact) mass is 620 g/mol. The van der Waals surface area contributed by atoms with Crippen LogP contribution in [0.2, 0.25) is 0 Å². The number of aromatic hydroxyl groups is 1. The highest BCUT2D eigenvalue weighted by molar-refractivity contribution is 5.96. The van der Waals surface area contributed by atoms with Gasteiger partial charge in [0.1, 0.15) is 18.0 Å². The molecule has 1 saturated carbocycles. The molecule has 0 atom stereocenters. The minimum absolute atomic E-state index is 0.183. The van der Waals surface area contributed by atoms with E-state index in [4.69, 9.17) is 9.47 Å². The number of hydrogen-bond acceptors (Lipinski definition) is 9. The molecule has 44 heavy (non-hydrogen) atoms. The second-order valence-corrected chi connectivity index (χ2v) is 11.5. The lowest BCUT2D eigenvalue weighted by molar-refractivity contribution is -0.216.